The highest BCUT2D eigenvalue weighted by molar-refractivity contribution is 8.26. The Balaban J connectivity index is 1.42. The second-order valence-corrected chi connectivity index (χ2v) is 11.4. The highest BCUT2D eigenvalue weighted by Gasteiger charge is 2.32. The maximum absolute atomic E-state index is 13.5. The summed E-state index contributed by atoms with van der Waals surface area (Å²) < 4.78 is 18.9. The van der Waals surface area contributed by atoms with Gasteiger partial charge in [0.25, 0.3) is 5.91 Å². The summed E-state index contributed by atoms with van der Waals surface area (Å²) in [4.78, 5) is 15.7. The third-order valence-corrected chi connectivity index (χ3v) is 7.87. The first-order chi connectivity index (χ1) is 19.9. The molecule has 0 radical (unpaired) electrons. The summed E-state index contributed by atoms with van der Waals surface area (Å²) in [5.74, 6) is 2.00. The normalized spacial score (nSPS) is 14.3. The number of aromatic nitrogens is 2. The Hall–Kier alpha value is -4.08. The monoisotopic (exact) mass is 585 g/mol. The fourth-order valence-electron chi connectivity index (χ4n) is 4.50. The van der Waals surface area contributed by atoms with Crippen molar-refractivity contribution in [3.63, 3.8) is 0 Å². The molecule has 0 aliphatic carbocycles. The molecule has 5 rings (SSSR count). The van der Waals surface area contributed by atoms with Gasteiger partial charge in [0.1, 0.15) is 10.1 Å². The number of methoxy groups -OCH3 is 2. The lowest BCUT2D eigenvalue weighted by molar-refractivity contribution is -0.122. The van der Waals surface area contributed by atoms with E-state index in [-0.39, 0.29) is 12.0 Å². The number of thiocarbonyl (C=S) groups is 1. The molecule has 0 spiro atoms. The summed E-state index contributed by atoms with van der Waals surface area (Å²) in [5, 5.41) is 4.90. The topological polar surface area (TPSA) is 65.8 Å². The van der Waals surface area contributed by atoms with Crippen molar-refractivity contribution in [2.45, 2.75) is 26.4 Å². The number of para-hydroxylation sites is 1. The van der Waals surface area contributed by atoms with E-state index >= 15 is 0 Å². The van der Waals surface area contributed by atoms with Crippen LogP contribution in [0.15, 0.2) is 83.9 Å². The average Bonchev–Trinajstić information content (AvgIpc) is 3.52. The maximum Gasteiger partial charge on any atom is 0.266 e. The number of carbonyl (C=O) groups is 1. The molecule has 0 N–H and O–H groups in total. The number of benzene rings is 3. The molecule has 1 fully saturated rings. The van der Waals surface area contributed by atoms with Gasteiger partial charge in [-0.3, -0.25) is 9.69 Å². The van der Waals surface area contributed by atoms with Crippen LogP contribution in [0, 0.1) is 0 Å². The predicted molar refractivity (Wildman–Crippen MR) is 168 cm³/mol. The molecule has 2 heterocycles. The van der Waals surface area contributed by atoms with Gasteiger partial charge in [-0.05, 0) is 80.4 Å². The second kappa shape index (κ2) is 12.6. The fraction of sp³-hybridized carbons (Fsp3) is 0.219. The van der Waals surface area contributed by atoms with E-state index in [1.807, 2.05) is 104 Å². The Morgan fingerprint density at radius 2 is 1.71 bits per heavy atom. The number of rotatable bonds is 10. The summed E-state index contributed by atoms with van der Waals surface area (Å²) in [7, 11) is 3.21. The van der Waals surface area contributed by atoms with Gasteiger partial charge < -0.3 is 14.2 Å². The van der Waals surface area contributed by atoms with Gasteiger partial charge in [-0.15, -0.1) is 0 Å². The molecule has 0 atom stereocenters. The van der Waals surface area contributed by atoms with E-state index < -0.39 is 0 Å². The van der Waals surface area contributed by atoms with Gasteiger partial charge in [-0.1, -0.05) is 48.2 Å². The molecule has 1 aliphatic rings. The summed E-state index contributed by atoms with van der Waals surface area (Å²) in [6.45, 7) is 4.46. The zero-order valence-electron chi connectivity index (χ0n) is 23.4. The molecule has 1 amide bonds. The van der Waals surface area contributed by atoms with E-state index in [1.54, 1.807) is 19.1 Å². The van der Waals surface area contributed by atoms with E-state index in [9.17, 15) is 4.79 Å². The molecule has 9 heteroatoms. The van der Waals surface area contributed by atoms with Crippen molar-refractivity contribution >= 4 is 40.3 Å². The molecule has 1 saturated heterocycles. The summed E-state index contributed by atoms with van der Waals surface area (Å²) in [5.41, 5.74) is 4.46. The third kappa shape index (κ3) is 6.47. The van der Waals surface area contributed by atoms with Gasteiger partial charge in [0.05, 0.1) is 36.6 Å². The molecule has 3 aromatic carbocycles. The number of amides is 1. The van der Waals surface area contributed by atoms with Crippen LogP contribution in [0.1, 0.15) is 25.0 Å². The van der Waals surface area contributed by atoms with Gasteiger partial charge >= 0.3 is 0 Å². The Morgan fingerprint density at radius 1 is 0.976 bits per heavy atom. The lowest BCUT2D eigenvalue weighted by atomic mass is 10.1. The maximum atomic E-state index is 13.5. The molecular weight excluding hydrogens is 555 g/mol. The molecule has 41 heavy (non-hydrogen) atoms. The largest absolute Gasteiger partial charge is 0.493 e. The number of nitrogens with zero attached hydrogens (tertiary/aromatic N) is 3. The molecule has 210 valence electrons. The van der Waals surface area contributed by atoms with Crippen molar-refractivity contribution in [2.75, 3.05) is 20.8 Å². The van der Waals surface area contributed by atoms with Crippen LogP contribution in [0.25, 0.3) is 23.0 Å². The first kappa shape index (κ1) is 28.4. The fourth-order valence-corrected chi connectivity index (χ4v) is 5.80. The Labute approximate surface area is 249 Å². The third-order valence-electron chi connectivity index (χ3n) is 6.50. The summed E-state index contributed by atoms with van der Waals surface area (Å²) >= 11 is 6.93. The first-order valence-electron chi connectivity index (χ1n) is 13.2. The Kier molecular flexibility index (Phi) is 8.75. The molecule has 4 aromatic rings. The van der Waals surface area contributed by atoms with E-state index in [0.29, 0.717) is 33.7 Å². The summed E-state index contributed by atoms with van der Waals surface area (Å²) in [6.07, 6.45) is 4.54. The van der Waals surface area contributed by atoms with Gasteiger partial charge in [-0.2, -0.15) is 5.10 Å². The number of ether oxygens (including phenoxy) is 3. The molecule has 0 unspecified atom stereocenters. The number of hydrogen-bond donors (Lipinski definition) is 0. The van der Waals surface area contributed by atoms with Crippen LogP contribution >= 0.6 is 24.0 Å². The molecule has 0 saturated carbocycles. The quantitative estimate of drug-likeness (QED) is 0.150. The van der Waals surface area contributed by atoms with E-state index in [1.165, 1.54) is 11.8 Å². The lowest BCUT2D eigenvalue weighted by Gasteiger charge is -2.15. The van der Waals surface area contributed by atoms with Crippen molar-refractivity contribution in [3.05, 3.63) is 95.0 Å². The van der Waals surface area contributed by atoms with E-state index in [2.05, 4.69) is 0 Å². The van der Waals surface area contributed by atoms with Crippen LogP contribution in [-0.4, -0.2) is 51.8 Å². The van der Waals surface area contributed by atoms with Crippen molar-refractivity contribution in [1.29, 1.82) is 0 Å². The van der Waals surface area contributed by atoms with Crippen LogP contribution in [0.2, 0.25) is 0 Å². The summed E-state index contributed by atoms with van der Waals surface area (Å²) in [6, 6.07) is 23.5. The molecule has 1 aliphatic heterocycles. The minimum atomic E-state index is -0.112. The van der Waals surface area contributed by atoms with Gasteiger partial charge in [0.2, 0.25) is 0 Å². The molecular formula is C32H31N3O4S2. The van der Waals surface area contributed by atoms with Crippen molar-refractivity contribution in [3.8, 4) is 34.2 Å². The van der Waals surface area contributed by atoms with Crippen LogP contribution in [0.3, 0.4) is 0 Å². The molecule has 7 nitrogen and oxygen atoms in total. The molecule has 0 bridgehead atoms. The average molecular weight is 586 g/mol. The van der Waals surface area contributed by atoms with Crippen molar-refractivity contribution < 1.29 is 19.0 Å². The van der Waals surface area contributed by atoms with Crippen LogP contribution in [0.5, 0.6) is 17.2 Å². The highest BCUT2D eigenvalue weighted by atomic mass is 32.2. The lowest BCUT2D eigenvalue weighted by Crippen LogP contribution is -2.30. The predicted octanol–water partition coefficient (Wildman–Crippen LogP) is 6.79. The minimum absolute atomic E-state index is 0.0855. The van der Waals surface area contributed by atoms with Gasteiger partial charge in [-0.25, -0.2) is 4.68 Å². The van der Waals surface area contributed by atoms with Crippen LogP contribution < -0.4 is 14.2 Å². The van der Waals surface area contributed by atoms with E-state index in [0.717, 1.165) is 33.8 Å². The van der Waals surface area contributed by atoms with Crippen molar-refractivity contribution in [2.24, 2.45) is 0 Å². The highest BCUT2D eigenvalue weighted by Crippen LogP contribution is 2.36. The standard InChI is InChI=1S/C32H31N3O4S2/c1-21(2)39-26-13-11-23(12-14-26)30-24(20-35(33-30)25-8-6-5-7-9-25)19-29-31(36)34(32(40)41-29)17-16-22-10-15-27(37-3)28(18-22)38-4/h5-15,18-21H,16-17H2,1-4H3. The first-order valence-corrected chi connectivity index (χ1v) is 14.5. The van der Waals surface area contributed by atoms with Crippen LogP contribution in [0.4, 0.5) is 0 Å². The smallest absolute Gasteiger partial charge is 0.266 e. The Bertz CT molecular complexity index is 1580. The zero-order valence-corrected chi connectivity index (χ0v) is 25.0. The van der Waals surface area contributed by atoms with Crippen molar-refractivity contribution in [1.82, 2.24) is 14.7 Å². The van der Waals surface area contributed by atoms with Crippen LogP contribution in [-0.2, 0) is 11.2 Å². The zero-order chi connectivity index (χ0) is 28.9. The number of carbonyl (C=O) groups excluding carboxylic acids is 1. The second-order valence-electron chi connectivity index (χ2n) is 9.68. The van der Waals surface area contributed by atoms with Gasteiger partial charge in [0.15, 0.2) is 11.5 Å². The minimum Gasteiger partial charge on any atom is -0.493 e. The Morgan fingerprint density at radius 3 is 2.39 bits per heavy atom. The SMILES string of the molecule is COc1ccc(CCN2C(=O)C(=Cc3cn(-c4ccccc4)nc3-c3ccc(OC(C)C)cc3)SC2=S)cc1OC. The molecule has 1 aromatic heterocycles. The number of thioether (sulfide) groups is 1. The van der Waals surface area contributed by atoms with E-state index in [4.69, 9.17) is 31.5 Å². The van der Waals surface area contributed by atoms with Gasteiger partial charge in [0, 0.05) is 23.9 Å². The number of hydrogen-bond acceptors (Lipinski definition) is 7.